The lowest BCUT2D eigenvalue weighted by Gasteiger charge is -2.07. The Morgan fingerprint density at radius 3 is 2.33 bits per heavy atom. The molecular formula is C12H11N3O3. The van der Waals surface area contributed by atoms with Gasteiger partial charge in [0.15, 0.2) is 0 Å². The number of nitrogens with zero attached hydrogens (tertiary/aromatic N) is 1. The molecule has 0 bridgehead atoms. The second kappa shape index (κ2) is 5.05. The lowest BCUT2D eigenvalue weighted by atomic mass is 10.3. The van der Waals surface area contributed by atoms with Gasteiger partial charge in [-0.15, -0.1) is 0 Å². The van der Waals surface area contributed by atoms with Crippen LogP contribution in [-0.4, -0.2) is 21.2 Å². The lowest BCUT2D eigenvalue weighted by Crippen LogP contribution is -2.19. The highest BCUT2D eigenvalue weighted by atomic mass is 16.3. The number of carbonyl (C=O) groups excluding carboxylic acids is 1. The molecule has 0 saturated carbocycles. The van der Waals surface area contributed by atoms with Gasteiger partial charge < -0.3 is 20.8 Å². The van der Waals surface area contributed by atoms with E-state index in [4.69, 9.17) is 0 Å². The third-order valence-electron chi connectivity index (χ3n) is 2.08. The van der Waals surface area contributed by atoms with Gasteiger partial charge in [0.25, 0.3) is 0 Å². The molecule has 1 aromatic carbocycles. The maximum atomic E-state index is 11.6. The van der Waals surface area contributed by atoms with E-state index in [-0.39, 0.29) is 17.2 Å². The first-order chi connectivity index (χ1) is 8.63. The molecule has 0 fully saturated rings. The van der Waals surface area contributed by atoms with Gasteiger partial charge in [-0.05, 0) is 12.1 Å². The number of phenolic OH excluding ortho intramolecular Hbond substituents is 2. The maximum absolute atomic E-state index is 11.6. The minimum Gasteiger partial charge on any atom is -0.508 e. The summed E-state index contributed by atoms with van der Waals surface area (Å²) < 4.78 is 0. The van der Waals surface area contributed by atoms with Gasteiger partial charge in [-0.25, -0.2) is 4.79 Å². The summed E-state index contributed by atoms with van der Waals surface area (Å²) in [7, 11) is 0. The molecule has 0 unspecified atom stereocenters. The number of pyridine rings is 1. The van der Waals surface area contributed by atoms with Crippen LogP contribution in [0.5, 0.6) is 11.5 Å². The van der Waals surface area contributed by atoms with E-state index < -0.39 is 6.03 Å². The van der Waals surface area contributed by atoms with Crippen molar-refractivity contribution in [2.24, 2.45) is 0 Å². The third-order valence-corrected chi connectivity index (χ3v) is 2.08. The molecule has 0 radical (unpaired) electrons. The zero-order valence-corrected chi connectivity index (χ0v) is 9.29. The average molecular weight is 245 g/mol. The normalized spacial score (nSPS) is 9.78. The van der Waals surface area contributed by atoms with Crippen LogP contribution in [0.2, 0.25) is 0 Å². The summed E-state index contributed by atoms with van der Waals surface area (Å²) in [5.41, 5.74) is 0.827. The number of carbonyl (C=O) groups is 1. The monoisotopic (exact) mass is 245 g/mol. The SMILES string of the molecule is O=C(Nc1cccnc1)Nc1cc(O)cc(O)c1. The van der Waals surface area contributed by atoms with Crippen LogP contribution >= 0.6 is 0 Å². The van der Waals surface area contributed by atoms with E-state index in [0.717, 1.165) is 0 Å². The van der Waals surface area contributed by atoms with Crippen LogP contribution in [0.3, 0.4) is 0 Å². The summed E-state index contributed by atoms with van der Waals surface area (Å²) >= 11 is 0. The van der Waals surface area contributed by atoms with Gasteiger partial charge in [0.2, 0.25) is 0 Å². The highest BCUT2D eigenvalue weighted by Crippen LogP contribution is 2.23. The van der Waals surface area contributed by atoms with Crippen molar-refractivity contribution in [2.45, 2.75) is 0 Å². The summed E-state index contributed by atoms with van der Waals surface area (Å²) in [6.07, 6.45) is 3.09. The van der Waals surface area contributed by atoms with Crippen LogP contribution in [-0.2, 0) is 0 Å². The molecule has 0 aliphatic rings. The van der Waals surface area contributed by atoms with E-state index >= 15 is 0 Å². The van der Waals surface area contributed by atoms with Crippen molar-refractivity contribution < 1.29 is 15.0 Å². The Kier molecular flexibility index (Phi) is 3.29. The number of rotatable bonds is 2. The van der Waals surface area contributed by atoms with Crippen molar-refractivity contribution in [2.75, 3.05) is 10.6 Å². The standard InChI is InChI=1S/C12H11N3O3/c16-10-4-9(5-11(17)6-10)15-12(18)14-8-2-1-3-13-7-8/h1-7,16-17H,(H2,14,15,18). The lowest BCUT2D eigenvalue weighted by molar-refractivity contribution is 0.262. The molecule has 4 N–H and O–H groups in total. The number of amides is 2. The van der Waals surface area contributed by atoms with Crippen molar-refractivity contribution in [1.82, 2.24) is 4.98 Å². The van der Waals surface area contributed by atoms with Crippen LogP contribution in [0.4, 0.5) is 16.2 Å². The predicted octanol–water partition coefficient (Wildman–Crippen LogP) is 2.14. The predicted molar refractivity (Wildman–Crippen MR) is 66.7 cm³/mol. The second-order valence-electron chi connectivity index (χ2n) is 3.56. The number of aromatic hydroxyl groups is 2. The quantitative estimate of drug-likeness (QED) is 0.652. The first-order valence-electron chi connectivity index (χ1n) is 5.14. The molecule has 92 valence electrons. The van der Waals surface area contributed by atoms with Gasteiger partial charge in [-0.3, -0.25) is 4.98 Å². The fraction of sp³-hybridized carbons (Fsp3) is 0. The van der Waals surface area contributed by atoms with E-state index in [1.54, 1.807) is 18.3 Å². The minimum absolute atomic E-state index is 0.133. The van der Waals surface area contributed by atoms with E-state index in [9.17, 15) is 15.0 Å². The average Bonchev–Trinajstić information content (AvgIpc) is 2.28. The Morgan fingerprint density at radius 2 is 1.72 bits per heavy atom. The number of hydrogen-bond acceptors (Lipinski definition) is 4. The fourth-order valence-corrected chi connectivity index (χ4v) is 1.40. The largest absolute Gasteiger partial charge is 0.508 e. The first-order valence-corrected chi connectivity index (χ1v) is 5.14. The maximum Gasteiger partial charge on any atom is 0.323 e. The number of aromatic nitrogens is 1. The summed E-state index contributed by atoms with van der Waals surface area (Å²) in [5, 5.41) is 23.5. The Bertz CT molecular complexity index is 537. The number of benzene rings is 1. The van der Waals surface area contributed by atoms with Crippen molar-refractivity contribution in [1.29, 1.82) is 0 Å². The first kappa shape index (κ1) is 11.7. The number of phenols is 2. The van der Waals surface area contributed by atoms with E-state index in [1.807, 2.05) is 0 Å². The Hall–Kier alpha value is -2.76. The molecule has 0 atom stereocenters. The molecule has 6 heteroatoms. The van der Waals surface area contributed by atoms with Crippen LogP contribution in [0, 0.1) is 0 Å². The van der Waals surface area contributed by atoms with Crippen molar-refractivity contribution in [3.63, 3.8) is 0 Å². The van der Waals surface area contributed by atoms with Crippen LogP contribution < -0.4 is 10.6 Å². The van der Waals surface area contributed by atoms with Crippen LogP contribution in [0.15, 0.2) is 42.7 Å². The zero-order valence-electron chi connectivity index (χ0n) is 9.29. The second-order valence-corrected chi connectivity index (χ2v) is 3.56. The summed E-state index contributed by atoms with van der Waals surface area (Å²) in [6.45, 7) is 0. The molecule has 1 aromatic heterocycles. The molecule has 6 nitrogen and oxygen atoms in total. The Morgan fingerprint density at radius 1 is 1.06 bits per heavy atom. The Balaban J connectivity index is 2.03. The third kappa shape index (κ3) is 3.11. The molecular weight excluding hydrogens is 234 g/mol. The molecule has 2 rings (SSSR count). The number of nitrogens with one attached hydrogen (secondary N) is 2. The van der Waals surface area contributed by atoms with Gasteiger partial charge >= 0.3 is 6.03 Å². The molecule has 0 spiro atoms. The molecule has 0 saturated heterocycles. The van der Waals surface area contributed by atoms with E-state index in [0.29, 0.717) is 5.69 Å². The molecule has 0 aliphatic heterocycles. The minimum atomic E-state index is -0.493. The van der Waals surface area contributed by atoms with Crippen molar-refractivity contribution >= 4 is 17.4 Å². The topological polar surface area (TPSA) is 94.5 Å². The number of anilines is 2. The molecule has 2 amide bonds. The van der Waals surface area contributed by atoms with Gasteiger partial charge in [0, 0.05) is 30.1 Å². The molecule has 18 heavy (non-hydrogen) atoms. The van der Waals surface area contributed by atoms with E-state index in [2.05, 4.69) is 15.6 Å². The van der Waals surface area contributed by atoms with Gasteiger partial charge in [0.05, 0.1) is 11.9 Å². The smallest absolute Gasteiger partial charge is 0.323 e. The molecule has 1 heterocycles. The highest BCUT2D eigenvalue weighted by molar-refractivity contribution is 5.99. The van der Waals surface area contributed by atoms with Gasteiger partial charge in [-0.2, -0.15) is 0 Å². The van der Waals surface area contributed by atoms with Crippen LogP contribution in [0.1, 0.15) is 0 Å². The number of urea groups is 1. The van der Waals surface area contributed by atoms with Crippen molar-refractivity contribution in [3.8, 4) is 11.5 Å². The fourth-order valence-electron chi connectivity index (χ4n) is 1.40. The van der Waals surface area contributed by atoms with Gasteiger partial charge in [0.1, 0.15) is 11.5 Å². The molecule has 2 aromatic rings. The highest BCUT2D eigenvalue weighted by Gasteiger charge is 2.04. The number of hydrogen-bond donors (Lipinski definition) is 4. The molecule has 0 aliphatic carbocycles. The Labute approximate surface area is 103 Å². The van der Waals surface area contributed by atoms with E-state index in [1.165, 1.54) is 24.4 Å². The summed E-state index contributed by atoms with van der Waals surface area (Å²) in [6, 6.07) is 6.70. The van der Waals surface area contributed by atoms with Gasteiger partial charge in [-0.1, -0.05) is 0 Å². The summed E-state index contributed by atoms with van der Waals surface area (Å²) in [4.78, 5) is 15.4. The van der Waals surface area contributed by atoms with Crippen molar-refractivity contribution in [3.05, 3.63) is 42.7 Å². The summed E-state index contributed by atoms with van der Waals surface area (Å²) in [5.74, 6) is -0.265. The van der Waals surface area contributed by atoms with Crippen LogP contribution in [0.25, 0.3) is 0 Å². The zero-order chi connectivity index (χ0) is 13.0.